The highest BCUT2D eigenvalue weighted by molar-refractivity contribution is 6.32. The smallest absolute Gasteiger partial charge is 0.465 e. The lowest BCUT2D eigenvalue weighted by atomic mass is 9.45. The number of benzene rings is 1. The Labute approximate surface area is 247 Å². The molecule has 5 rings (SSSR count). The molecule has 1 aromatic rings. The van der Waals surface area contributed by atoms with Gasteiger partial charge in [0.05, 0.1) is 5.60 Å². The van der Waals surface area contributed by atoms with Crippen molar-refractivity contribution in [2.75, 3.05) is 0 Å². The molecule has 0 bridgehead atoms. The lowest BCUT2D eigenvalue weighted by Crippen LogP contribution is -2.62. The number of carbonyl (C=O) groups is 1. The molecule has 4 aliphatic carbocycles. The van der Waals surface area contributed by atoms with Gasteiger partial charge in [-0.3, -0.25) is 0 Å². The maximum Gasteiger partial charge on any atom is 0.634 e. The molecule has 0 spiro atoms. The summed E-state index contributed by atoms with van der Waals surface area (Å²) in [6.45, 7) is 12.0. The summed E-state index contributed by atoms with van der Waals surface area (Å²) in [5.74, 6) is 3.87. The summed E-state index contributed by atoms with van der Waals surface area (Å²) in [4.78, 5) is 12.2. The van der Waals surface area contributed by atoms with Crippen LogP contribution in [0.3, 0.4) is 0 Å². The van der Waals surface area contributed by atoms with E-state index in [1.807, 2.05) is 30.3 Å². The monoisotopic (exact) mass is 565 g/mol. The predicted octanol–water partition coefficient (Wildman–Crippen LogP) is 7.16. The third-order valence-electron chi connectivity index (χ3n) is 12.4. The minimum absolute atomic E-state index is 0.342. The zero-order chi connectivity index (χ0) is 29.6. The second kappa shape index (κ2) is 11.7. The Morgan fingerprint density at radius 1 is 1.07 bits per heavy atom. The van der Waals surface area contributed by atoms with E-state index in [4.69, 9.17) is 4.65 Å². The Hall–Kier alpha value is -1.83. The lowest BCUT2D eigenvalue weighted by molar-refractivity contribution is -0.0914. The third kappa shape index (κ3) is 5.52. The van der Waals surface area contributed by atoms with Gasteiger partial charge in [0.1, 0.15) is 0 Å². The van der Waals surface area contributed by atoms with Crippen LogP contribution in [0.25, 0.3) is 0 Å². The van der Waals surface area contributed by atoms with Crippen molar-refractivity contribution in [2.45, 2.75) is 110 Å². The van der Waals surface area contributed by atoms with Crippen LogP contribution in [0.15, 0.2) is 42.0 Å². The van der Waals surface area contributed by atoms with Gasteiger partial charge >= 0.3 is 13.4 Å². The molecule has 4 aliphatic rings. The van der Waals surface area contributed by atoms with E-state index in [9.17, 15) is 19.9 Å². The molecule has 0 radical (unpaired) electrons. The normalized spacial score (nSPS) is 38.8. The first kappa shape index (κ1) is 30.6. The molecule has 0 heterocycles. The van der Waals surface area contributed by atoms with Crippen LogP contribution in [0.2, 0.25) is 0 Å². The second-order valence-corrected chi connectivity index (χ2v) is 14.8. The van der Waals surface area contributed by atoms with E-state index in [0.29, 0.717) is 36.0 Å². The molecular formula is C34H52BNO5. The van der Waals surface area contributed by atoms with Gasteiger partial charge in [0.15, 0.2) is 0 Å². The van der Waals surface area contributed by atoms with Crippen molar-refractivity contribution >= 4 is 13.4 Å². The summed E-state index contributed by atoms with van der Waals surface area (Å²) in [7, 11) is -1.95. The van der Waals surface area contributed by atoms with Crippen molar-refractivity contribution in [3.8, 4) is 0 Å². The average molecular weight is 566 g/mol. The van der Waals surface area contributed by atoms with Crippen LogP contribution in [0.4, 0.5) is 4.79 Å². The number of fused-ring (bicyclic) bond motifs is 5. The van der Waals surface area contributed by atoms with Gasteiger partial charge < -0.3 is 25.1 Å². The van der Waals surface area contributed by atoms with Gasteiger partial charge in [0.2, 0.25) is 0 Å². The van der Waals surface area contributed by atoms with E-state index in [1.165, 1.54) is 44.1 Å². The highest BCUT2D eigenvalue weighted by Gasteiger charge is 2.63. The Balaban J connectivity index is 1.46. The van der Waals surface area contributed by atoms with Gasteiger partial charge in [-0.25, -0.2) is 4.79 Å². The van der Waals surface area contributed by atoms with Crippen molar-refractivity contribution in [3.05, 3.63) is 47.5 Å². The third-order valence-corrected chi connectivity index (χ3v) is 12.4. The fourth-order valence-electron chi connectivity index (χ4n) is 10.5. The number of allylic oxidation sites excluding steroid dienone is 1. The average Bonchev–Trinajstić information content (AvgIpc) is 3.26. The summed E-state index contributed by atoms with van der Waals surface area (Å²) < 4.78 is 5.92. The molecule has 9 atom stereocenters. The molecule has 0 aromatic heterocycles. The van der Waals surface area contributed by atoms with Crippen molar-refractivity contribution < 1.29 is 24.6 Å². The molecule has 226 valence electrons. The van der Waals surface area contributed by atoms with Gasteiger partial charge in [-0.1, -0.05) is 95.9 Å². The van der Waals surface area contributed by atoms with E-state index in [2.05, 4.69) is 46.0 Å². The number of rotatable bonds is 9. The molecule has 6 nitrogen and oxygen atoms in total. The van der Waals surface area contributed by atoms with E-state index in [-0.39, 0.29) is 5.41 Å². The van der Waals surface area contributed by atoms with Crippen LogP contribution in [0.5, 0.6) is 0 Å². The van der Waals surface area contributed by atoms with Crippen molar-refractivity contribution in [2.24, 2.45) is 46.3 Å². The first-order valence-electron chi connectivity index (χ1n) is 16.2. The van der Waals surface area contributed by atoms with Crippen molar-refractivity contribution in [3.63, 3.8) is 0 Å². The fourth-order valence-corrected chi connectivity index (χ4v) is 10.5. The molecule has 41 heavy (non-hydrogen) atoms. The first-order chi connectivity index (χ1) is 19.4. The predicted molar refractivity (Wildman–Crippen MR) is 163 cm³/mol. The number of amides is 1. The summed E-state index contributed by atoms with van der Waals surface area (Å²) in [6, 6.07) is 9.26. The Bertz CT molecular complexity index is 1110. The van der Waals surface area contributed by atoms with E-state index in [1.54, 1.807) is 0 Å². The Morgan fingerprint density at radius 2 is 1.80 bits per heavy atom. The van der Waals surface area contributed by atoms with Gasteiger partial charge in [0.25, 0.3) is 0 Å². The SMILES string of the molecule is CC(C)CCC[C@@H](C)[C@H]1CC[C@H]2[C@@H]3CC=C4C[C@](OB(O)O)(c5ccccc5)CC(NC(=O)O)[C@]4(C)[C@H]3CC[C@]12C. The largest absolute Gasteiger partial charge is 0.634 e. The van der Waals surface area contributed by atoms with Crippen molar-refractivity contribution in [1.82, 2.24) is 5.32 Å². The number of carboxylic acid groups (broad SMARTS) is 1. The number of hydrogen-bond acceptors (Lipinski definition) is 4. The second-order valence-electron chi connectivity index (χ2n) is 14.8. The number of hydrogen-bond donors (Lipinski definition) is 4. The molecule has 1 unspecified atom stereocenters. The maximum absolute atomic E-state index is 12.2. The molecule has 3 fully saturated rings. The van der Waals surface area contributed by atoms with E-state index >= 15 is 0 Å². The quantitative estimate of drug-likeness (QED) is 0.188. The molecule has 1 amide bonds. The molecule has 0 aliphatic heterocycles. The zero-order valence-corrected chi connectivity index (χ0v) is 25.8. The van der Waals surface area contributed by atoms with Crippen LogP contribution in [-0.2, 0) is 10.3 Å². The van der Waals surface area contributed by atoms with Crippen LogP contribution < -0.4 is 5.32 Å². The number of nitrogens with one attached hydrogen (secondary N) is 1. The lowest BCUT2D eigenvalue weighted by Gasteiger charge is -2.62. The minimum Gasteiger partial charge on any atom is -0.465 e. The van der Waals surface area contributed by atoms with Crippen LogP contribution >= 0.6 is 0 Å². The standard InChI is InChI=1S/C34H52BNO5/c1-22(2)10-9-11-23(3)27-16-17-28-26-15-14-25-20-34(41-35(39)40,24-12-7-6-8-13-24)21-30(36-31(37)38)33(25,5)29(26)18-19-32(27,28)4/h6-8,12-14,22-23,26-30,36,39-40H,9-11,15-21H2,1-5H3,(H,37,38)/t23-,26+,27-,28+,29+,30?,32-,33+,34-/m1/s1. The topological polar surface area (TPSA) is 99.0 Å². The molecule has 1 aromatic carbocycles. The maximum atomic E-state index is 12.2. The Morgan fingerprint density at radius 3 is 2.46 bits per heavy atom. The molecule has 3 saturated carbocycles. The van der Waals surface area contributed by atoms with Crippen molar-refractivity contribution in [1.29, 1.82) is 0 Å². The van der Waals surface area contributed by atoms with Gasteiger partial charge in [-0.15, -0.1) is 0 Å². The molecule has 7 heteroatoms. The summed E-state index contributed by atoms with van der Waals surface area (Å²) in [5.41, 5.74) is 1.03. The Kier molecular flexibility index (Phi) is 8.73. The molecule has 0 saturated heterocycles. The summed E-state index contributed by atoms with van der Waals surface area (Å²) in [6.07, 6.45) is 12.1. The van der Waals surface area contributed by atoms with Gasteiger partial charge in [-0.2, -0.15) is 0 Å². The molecular weight excluding hydrogens is 513 g/mol. The van der Waals surface area contributed by atoms with Gasteiger partial charge in [0, 0.05) is 24.3 Å². The van der Waals surface area contributed by atoms with Gasteiger partial charge in [-0.05, 0) is 78.6 Å². The van der Waals surface area contributed by atoms with Crippen LogP contribution in [-0.4, -0.2) is 34.6 Å². The van der Waals surface area contributed by atoms with E-state index < -0.39 is 25.1 Å². The fraction of sp³-hybridized carbons (Fsp3) is 0.735. The summed E-state index contributed by atoms with van der Waals surface area (Å²) >= 11 is 0. The minimum atomic E-state index is -1.95. The van der Waals surface area contributed by atoms with Crippen LogP contribution in [0.1, 0.15) is 104 Å². The molecule has 4 N–H and O–H groups in total. The summed E-state index contributed by atoms with van der Waals surface area (Å²) in [5, 5.41) is 32.9. The first-order valence-corrected chi connectivity index (χ1v) is 16.2. The van der Waals surface area contributed by atoms with Crippen LogP contribution in [0, 0.1) is 46.3 Å². The highest BCUT2D eigenvalue weighted by Crippen LogP contribution is 2.68. The highest BCUT2D eigenvalue weighted by atomic mass is 16.6. The zero-order valence-electron chi connectivity index (χ0n) is 25.8. The van der Waals surface area contributed by atoms with E-state index in [0.717, 1.165) is 36.2 Å².